The second-order valence-electron chi connectivity index (χ2n) is 3.06. The number of halogens is 2. The normalized spacial score (nSPS) is 18.8. The Kier molecular flexibility index (Phi) is 2.67. The number of hydrogen-bond donors (Lipinski definition) is 1. The lowest BCUT2D eigenvalue weighted by molar-refractivity contribution is -0.425. The van der Waals surface area contributed by atoms with Gasteiger partial charge in [-0.1, -0.05) is 27.5 Å². The van der Waals surface area contributed by atoms with Crippen LogP contribution in [-0.4, -0.2) is 10.4 Å². The molecule has 0 saturated carbocycles. The van der Waals surface area contributed by atoms with Crippen molar-refractivity contribution in [2.75, 3.05) is 5.32 Å². The highest BCUT2D eigenvalue weighted by atomic mass is 79.9. The number of benzene rings is 1. The number of nitrogens with zero attached hydrogens (tertiary/aromatic N) is 1. The highest BCUT2D eigenvalue weighted by molar-refractivity contribution is 9.10. The van der Waals surface area contributed by atoms with E-state index < -0.39 is 10.4 Å². The molecule has 0 spiro atoms. The number of rotatable bonds is 1. The molecule has 6 heteroatoms. The van der Waals surface area contributed by atoms with Crippen molar-refractivity contribution in [3.63, 3.8) is 0 Å². The van der Waals surface area contributed by atoms with Crippen molar-refractivity contribution < 1.29 is 4.92 Å². The second kappa shape index (κ2) is 3.83. The summed E-state index contributed by atoms with van der Waals surface area (Å²) in [7, 11) is 0. The minimum Gasteiger partial charge on any atom is -0.360 e. The van der Waals surface area contributed by atoms with Crippen LogP contribution >= 0.6 is 27.5 Å². The Balaban J connectivity index is 2.51. The van der Waals surface area contributed by atoms with Gasteiger partial charge in [-0.3, -0.25) is 10.1 Å². The summed E-state index contributed by atoms with van der Waals surface area (Å²) in [6.45, 7) is 0. The van der Waals surface area contributed by atoms with Crippen LogP contribution in [0.4, 0.5) is 5.69 Å². The lowest BCUT2D eigenvalue weighted by atomic mass is 10.1. The van der Waals surface area contributed by atoms with E-state index in [1.165, 1.54) is 6.08 Å². The van der Waals surface area contributed by atoms with Gasteiger partial charge < -0.3 is 5.32 Å². The molecule has 1 N–H and O–H groups in total. The molecule has 1 unspecified atom stereocenters. The van der Waals surface area contributed by atoms with Crippen LogP contribution in [0.5, 0.6) is 0 Å². The van der Waals surface area contributed by atoms with E-state index in [1.807, 2.05) is 12.1 Å². The van der Waals surface area contributed by atoms with Gasteiger partial charge in [-0.2, -0.15) is 0 Å². The third-order valence-electron chi connectivity index (χ3n) is 2.07. The molecule has 0 saturated heterocycles. The van der Waals surface area contributed by atoms with E-state index in [4.69, 9.17) is 11.6 Å². The molecule has 2 rings (SSSR count). The third kappa shape index (κ3) is 1.98. The molecule has 0 amide bonds. The summed E-state index contributed by atoms with van der Waals surface area (Å²) in [6.07, 6.45) is 1.48. The zero-order valence-electron chi connectivity index (χ0n) is 7.41. The maximum atomic E-state index is 10.7. The molecule has 1 aromatic carbocycles. The molecule has 78 valence electrons. The van der Waals surface area contributed by atoms with Gasteiger partial charge in [0.1, 0.15) is 0 Å². The van der Waals surface area contributed by atoms with Crippen molar-refractivity contribution in [2.45, 2.75) is 5.50 Å². The van der Waals surface area contributed by atoms with Crippen LogP contribution in [0.15, 0.2) is 28.4 Å². The van der Waals surface area contributed by atoms with Gasteiger partial charge in [0.25, 0.3) is 5.70 Å². The predicted molar refractivity (Wildman–Crippen MR) is 62.4 cm³/mol. The summed E-state index contributed by atoms with van der Waals surface area (Å²) in [5.74, 6) is 0. The Labute approximate surface area is 99.2 Å². The number of nitro groups is 1. The SMILES string of the molecule is O=[N+]([O-])C1=Cc2cc(Br)ccc2NC1Cl. The van der Waals surface area contributed by atoms with Gasteiger partial charge in [0.2, 0.25) is 0 Å². The summed E-state index contributed by atoms with van der Waals surface area (Å²) < 4.78 is 0.870. The van der Waals surface area contributed by atoms with Gasteiger partial charge in [0.15, 0.2) is 5.50 Å². The number of anilines is 1. The molecular weight excluding hydrogens is 283 g/mol. The molecule has 1 aliphatic heterocycles. The van der Waals surface area contributed by atoms with Gasteiger partial charge in [0.05, 0.1) is 4.92 Å². The number of fused-ring (bicyclic) bond motifs is 1. The fourth-order valence-corrected chi connectivity index (χ4v) is 2.01. The maximum Gasteiger partial charge on any atom is 0.284 e. The summed E-state index contributed by atoms with van der Waals surface area (Å²) in [4.78, 5) is 10.2. The van der Waals surface area contributed by atoms with Gasteiger partial charge in [-0.15, -0.1) is 0 Å². The van der Waals surface area contributed by atoms with Crippen LogP contribution < -0.4 is 5.32 Å². The molecule has 0 bridgehead atoms. The summed E-state index contributed by atoms with van der Waals surface area (Å²) in [5.41, 5.74) is 0.729. The first-order chi connectivity index (χ1) is 7.08. The maximum absolute atomic E-state index is 10.7. The van der Waals surface area contributed by atoms with Crippen LogP contribution in [-0.2, 0) is 0 Å². The van der Waals surface area contributed by atoms with Crippen LogP contribution in [0.1, 0.15) is 5.56 Å². The number of nitrogens with one attached hydrogen (secondary N) is 1. The Bertz CT molecular complexity index is 461. The summed E-state index contributed by atoms with van der Waals surface area (Å²) >= 11 is 9.11. The Hall–Kier alpha value is -1.07. The van der Waals surface area contributed by atoms with Crippen molar-refractivity contribution in [3.05, 3.63) is 44.0 Å². The molecule has 15 heavy (non-hydrogen) atoms. The first kappa shape index (κ1) is 10.4. The van der Waals surface area contributed by atoms with Crippen LogP contribution in [0, 0.1) is 10.1 Å². The Morgan fingerprint density at radius 3 is 2.93 bits per heavy atom. The zero-order valence-corrected chi connectivity index (χ0v) is 9.75. The lowest BCUT2D eigenvalue weighted by Gasteiger charge is -2.18. The van der Waals surface area contributed by atoms with Gasteiger partial charge >= 0.3 is 0 Å². The highest BCUT2D eigenvalue weighted by Crippen LogP contribution is 2.30. The van der Waals surface area contributed by atoms with E-state index in [-0.39, 0.29) is 5.70 Å². The largest absolute Gasteiger partial charge is 0.360 e. The molecule has 0 radical (unpaired) electrons. The minimum atomic E-state index is -0.784. The van der Waals surface area contributed by atoms with Gasteiger partial charge in [-0.25, -0.2) is 0 Å². The molecule has 1 heterocycles. The summed E-state index contributed by atoms with van der Waals surface area (Å²) in [6, 6.07) is 5.47. The first-order valence-corrected chi connectivity index (χ1v) is 5.37. The van der Waals surface area contributed by atoms with E-state index >= 15 is 0 Å². The number of hydrogen-bond acceptors (Lipinski definition) is 3. The number of alkyl halides is 1. The van der Waals surface area contributed by atoms with Crippen molar-refractivity contribution >= 4 is 39.3 Å². The zero-order chi connectivity index (χ0) is 11.0. The topological polar surface area (TPSA) is 55.2 Å². The fourth-order valence-electron chi connectivity index (χ4n) is 1.37. The molecule has 4 nitrogen and oxygen atoms in total. The minimum absolute atomic E-state index is 0.0396. The van der Waals surface area contributed by atoms with E-state index in [9.17, 15) is 10.1 Å². The van der Waals surface area contributed by atoms with E-state index in [0.717, 1.165) is 15.7 Å². The molecule has 0 aromatic heterocycles. The molecule has 1 aliphatic rings. The lowest BCUT2D eigenvalue weighted by Crippen LogP contribution is -2.23. The van der Waals surface area contributed by atoms with Crippen LogP contribution in [0.25, 0.3) is 6.08 Å². The Morgan fingerprint density at radius 2 is 2.27 bits per heavy atom. The monoisotopic (exact) mass is 288 g/mol. The van der Waals surface area contributed by atoms with E-state index in [2.05, 4.69) is 21.2 Å². The quantitative estimate of drug-likeness (QED) is 0.374. The van der Waals surface area contributed by atoms with Crippen molar-refractivity contribution in [1.29, 1.82) is 0 Å². The average molecular weight is 290 g/mol. The molecule has 0 aliphatic carbocycles. The molecular formula is C9H6BrClN2O2. The average Bonchev–Trinajstić information content (AvgIpc) is 2.17. The van der Waals surface area contributed by atoms with E-state index in [1.54, 1.807) is 6.07 Å². The second-order valence-corrected chi connectivity index (χ2v) is 4.42. The molecule has 1 atom stereocenters. The van der Waals surface area contributed by atoms with Crippen LogP contribution in [0.3, 0.4) is 0 Å². The van der Waals surface area contributed by atoms with Gasteiger partial charge in [0, 0.05) is 21.8 Å². The summed E-state index contributed by atoms with van der Waals surface area (Å²) in [5, 5.41) is 13.5. The van der Waals surface area contributed by atoms with Gasteiger partial charge in [-0.05, 0) is 18.2 Å². The van der Waals surface area contributed by atoms with Crippen molar-refractivity contribution in [2.24, 2.45) is 0 Å². The van der Waals surface area contributed by atoms with Crippen LogP contribution in [0.2, 0.25) is 0 Å². The highest BCUT2D eigenvalue weighted by Gasteiger charge is 2.27. The molecule has 1 aromatic rings. The fraction of sp³-hybridized carbons (Fsp3) is 0.111. The smallest absolute Gasteiger partial charge is 0.284 e. The predicted octanol–water partition coefficient (Wildman–Crippen LogP) is 3.06. The van der Waals surface area contributed by atoms with E-state index in [0.29, 0.717) is 0 Å². The standard InChI is InChI=1S/C9H6BrClN2O2/c10-6-1-2-7-5(3-6)4-8(13(14)15)9(11)12-7/h1-4,9,12H. The first-order valence-electron chi connectivity index (χ1n) is 4.14. The van der Waals surface area contributed by atoms with Crippen molar-refractivity contribution in [1.82, 2.24) is 0 Å². The van der Waals surface area contributed by atoms with Crippen molar-refractivity contribution in [3.8, 4) is 0 Å². The Morgan fingerprint density at radius 1 is 1.53 bits per heavy atom. The molecule has 0 fully saturated rings. The third-order valence-corrected chi connectivity index (χ3v) is 2.90.